The van der Waals surface area contributed by atoms with Gasteiger partial charge in [0.15, 0.2) is 5.78 Å². The van der Waals surface area contributed by atoms with Gasteiger partial charge in [0, 0.05) is 23.9 Å². The summed E-state index contributed by atoms with van der Waals surface area (Å²) in [5.74, 6) is 0.288. The van der Waals surface area contributed by atoms with Crippen molar-refractivity contribution in [2.45, 2.75) is 39.0 Å². The summed E-state index contributed by atoms with van der Waals surface area (Å²) < 4.78 is 0. The number of thiazole rings is 1. The minimum absolute atomic E-state index is 0.288. The van der Waals surface area contributed by atoms with Crippen LogP contribution in [0.3, 0.4) is 0 Å². The zero-order valence-electron chi connectivity index (χ0n) is 8.95. The van der Waals surface area contributed by atoms with Crippen molar-refractivity contribution in [2.24, 2.45) is 0 Å². The number of hydrogen-bond donors (Lipinski definition) is 0. The van der Waals surface area contributed by atoms with Crippen LogP contribution in [0.1, 0.15) is 36.4 Å². The minimum Gasteiger partial charge on any atom is -0.295 e. The summed E-state index contributed by atoms with van der Waals surface area (Å²) in [4.78, 5) is 15.8. The van der Waals surface area contributed by atoms with E-state index in [2.05, 4.69) is 10.4 Å². The van der Waals surface area contributed by atoms with Crippen LogP contribution in [0.25, 0.3) is 0 Å². The number of allylic oxidation sites excluding steroid dienone is 2. The van der Waals surface area contributed by atoms with Crippen LogP contribution in [0.5, 0.6) is 0 Å². The SMILES string of the molecule is Cc1csc(CC2=CC(=O)CCCC2)n1. The maximum Gasteiger partial charge on any atom is 0.155 e. The average Bonchev–Trinajstić information content (AvgIpc) is 2.46. The highest BCUT2D eigenvalue weighted by Crippen LogP contribution is 2.21. The van der Waals surface area contributed by atoms with Crippen molar-refractivity contribution in [1.29, 1.82) is 0 Å². The van der Waals surface area contributed by atoms with E-state index < -0.39 is 0 Å². The number of rotatable bonds is 2. The molecule has 0 fully saturated rings. The molecule has 3 heteroatoms. The maximum atomic E-state index is 11.4. The van der Waals surface area contributed by atoms with Crippen LogP contribution in [-0.2, 0) is 11.2 Å². The smallest absolute Gasteiger partial charge is 0.155 e. The molecule has 0 bridgehead atoms. The highest BCUT2D eigenvalue weighted by Gasteiger charge is 2.10. The lowest BCUT2D eigenvalue weighted by Crippen LogP contribution is -1.93. The lowest BCUT2D eigenvalue weighted by atomic mass is 10.1. The molecule has 1 aromatic heterocycles. The Morgan fingerprint density at radius 2 is 2.20 bits per heavy atom. The summed E-state index contributed by atoms with van der Waals surface area (Å²) in [5, 5.41) is 3.20. The van der Waals surface area contributed by atoms with Gasteiger partial charge in [0.05, 0.1) is 5.01 Å². The molecule has 1 heterocycles. The largest absolute Gasteiger partial charge is 0.295 e. The van der Waals surface area contributed by atoms with Gasteiger partial charge in [-0.3, -0.25) is 4.79 Å². The molecule has 0 aromatic carbocycles. The number of hydrogen-bond acceptors (Lipinski definition) is 3. The first-order valence-electron chi connectivity index (χ1n) is 5.37. The average molecular weight is 221 g/mol. The van der Waals surface area contributed by atoms with E-state index in [4.69, 9.17) is 0 Å². The second-order valence-electron chi connectivity index (χ2n) is 4.04. The van der Waals surface area contributed by atoms with Gasteiger partial charge in [0.2, 0.25) is 0 Å². The molecule has 15 heavy (non-hydrogen) atoms. The molecular weight excluding hydrogens is 206 g/mol. The van der Waals surface area contributed by atoms with Gasteiger partial charge in [-0.05, 0) is 32.3 Å². The van der Waals surface area contributed by atoms with Gasteiger partial charge in [-0.15, -0.1) is 11.3 Å². The van der Waals surface area contributed by atoms with Crippen molar-refractivity contribution in [3.05, 3.63) is 27.7 Å². The minimum atomic E-state index is 0.288. The van der Waals surface area contributed by atoms with Crippen LogP contribution in [0.4, 0.5) is 0 Å². The van der Waals surface area contributed by atoms with Crippen LogP contribution in [-0.4, -0.2) is 10.8 Å². The van der Waals surface area contributed by atoms with Crippen LogP contribution < -0.4 is 0 Å². The Morgan fingerprint density at radius 1 is 1.40 bits per heavy atom. The van der Waals surface area contributed by atoms with Crippen molar-refractivity contribution in [2.75, 3.05) is 0 Å². The van der Waals surface area contributed by atoms with Crippen molar-refractivity contribution < 1.29 is 4.79 Å². The molecule has 0 atom stereocenters. The van der Waals surface area contributed by atoms with Gasteiger partial charge in [0.25, 0.3) is 0 Å². The topological polar surface area (TPSA) is 30.0 Å². The Labute approximate surface area is 94.0 Å². The van der Waals surface area contributed by atoms with Gasteiger partial charge in [-0.2, -0.15) is 0 Å². The molecular formula is C12H15NOS. The second-order valence-corrected chi connectivity index (χ2v) is 4.98. The monoisotopic (exact) mass is 221 g/mol. The summed E-state index contributed by atoms with van der Waals surface area (Å²) in [6.45, 7) is 2.01. The summed E-state index contributed by atoms with van der Waals surface area (Å²) in [5.41, 5.74) is 2.34. The predicted octanol–water partition coefficient (Wildman–Crippen LogP) is 3.06. The van der Waals surface area contributed by atoms with Crippen LogP contribution in [0.15, 0.2) is 17.0 Å². The number of nitrogens with zero attached hydrogens (tertiary/aromatic N) is 1. The summed E-state index contributed by atoms with van der Waals surface area (Å²) in [6.07, 6.45) is 6.66. The number of ketones is 1. The fourth-order valence-corrected chi connectivity index (χ4v) is 2.67. The third-order valence-electron chi connectivity index (χ3n) is 2.58. The van der Waals surface area contributed by atoms with Crippen molar-refractivity contribution in [3.63, 3.8) is 0 Å². The molecule has 1 aliphatic rings. The van der Waals surface area contributed by atoms with Crippen molar-refractivity contribution in [3.8, 4) is 0 Å². The third kappa shape index (κ3) is 2.99. The number of carbonyl (C=O) groups is 1. The Kier molecular flexibility index (Phi) is 3.31. The Balaban J connectivity index is 2.07. The molecule has 0 radical (unpaired) electrons. The van der Waals surface area contributed by atoms with Crippen LogP contribution in [0.2, 0.25) is 0 Å². The summed E-state index contributed by atoms with van der Waals surface area (Å²) >= 11 is 1.69. The normalized spacial score (nSPS) is 17.4. The highest BCUT2D eigenvalue weighted by molar-refractivity contribution is 7.09. The molecule has 0 aliphatic heterocycles. The quantitative estimate of drug-likeness (QED) is 0.768. The van der Waals surface area contributed by atoms with E-state index in [0.29, 0.717) is 0 Å². The molecule has 0 amide bonds. The van der Waals surface area contributed by atoms with E-state index in [0.717, 1.165) is 42.8 Å². The lowest BCUT2D eigenvalue weighted by molar-refractivity contribution is -0.114. The molecule has 0 N–H and O–H groups in total. The van der Waals surface area contributed by atoms with Gasteiger partial charge < -0.3 is 0 Å². The fourth-order valence-electron chi connectivity index (χ4n) is 1.84. The molecule has 1 aromatic rings. The molecule has 2 nitrogen and oxygen atoms in total. The van der Waals surface area contributed by atoms with E-state index in [9.17, 15) is 4.79 Å². The van der Waals surface area contributed by atoms with Crippen molar-refractivity contribution >= 4 is 17.1 Å². The predicted molar refractivity (Wildman–Crippen MR) is 62.1 cm³/mol. The molecule has 1 aliphatic carbocycles. The number of aromatic nitrogens is 1. The number of carbonyl (C=O) groups excluding carboxylic acids is 1. The molecule has 2 rings (SSSR count). The fraction of sp³-hybridized carbons (Fsp3) is 0.500. The highest BCUT2D eigenvalue weighted by atomic mass is 32.1. The maximum absolute atomic E-state index is 11.4. The van der Waals surface area contributed by atoms with Gasteiger partial charge in [-0.1, -0.05) is 5.57 Å². The van der Waals surface area contributed by atoms with E-state index in [1.165, 1.54) is 5.57 Å². The van der Waals surface area contributed by atoms with E-state index in [1.54, 1.807) is 11.3 Å². The molecule has 80 valence electrons. The first kappa shape index (κ1) is 10.6. The summed E-state index contributed by atoms with van der Waals surface area (Å²) in [7, 11) is 0. The molecule has 0 unspecified atom stereocenters. The third-order valence-corrected chi connectivity index (χ3v) is 3.55. The first-order valence-corrected chi connectivity index (χ1v) is 6.25. The Morgan fingerprint density at radius 3 is 2.93 bits per heavy atom. The number of aryl methyl sites for hydroxylation is 1. The first-order chi connectivity index (χ1) is 7.24. The van der Waals surface area contributed by atoms with Gasteiger partial charge >= 0.3 is 0 Å². The van der Waals surface area contributed by atoms with Crippen LogP contribution in [0, 0.1) is 6.92 Å². The lowest BCUT2D eigenvalue weighted by Gasteiger charge is -2.00. The van der Waals surface area contributed by atoms with Crippen molar-refractivity contribution in [1.82, 2.24) is 4.98 Å². The molecule has 0 saturated heterocycles. The zero-order chi connectivity index (χ0) is 10.7. The second kappa shape index (κ2) is 4.71. The molecule has 0 spiro atoms. The van der Waals surface area contributed by atoms with Crippen LogP contribution >= 0.6 is 11.3 Å². The zero-order valence-corrected chi connectivity index (χ0v) is 9.77. The molecule has 0 saturated carbocycles. The Hall–Kier alpha value is -0.960. The summed E-state index contributed by atoms with van der Waals surface area (Å²) in [6, 6.07) is 0. The van der Waals surface area contributed by atoms with E-state index in [-0.39, 0.29) is 5.78 Å². The van der Waals surface area contributed by atoms with Gasteiger partial charge in [0.1, 0.15) is 0 Å². The van der Waals surface area contributed by atoms with Gasteiger partial charge in [-0.25, -0.2) is 4.98 Å². The standard InChI is InChI=1S/C12H15NOS/c1-9-8-15-12(13-9)7-10-4-2-3-5-11(14)6-10/h6,8H,2-5,7H2,1H3. The Bertz CT molecular complexity index is 392. The van der Waals surface area contributed by atoms with E-state index in [1.807, 2.05) is 13.0 Å². The van der Waals surface area contributed by atoms with E-state index >= 15 is 0 Å².